The quantitative estimate of drug-likeness (QED) is 0.577. The standard InChI is InChI=1S/C20H19NO2.BrH/c22-19-11-15-8-9-21-18(17(15)12-20(19)23)10-14-6-3-5-13-4-1-2-7-16(13)14;/h1-7,11-12,18,21-23H,8-10H2;1H. The van der Waals surface area contributed by atoms with Crippen molar-refractivity contribution in [2.75, 3.05) is 6.54 Å². The number of phenols is 2. The Kier molecular flexibility index (Phi) is 4.78. The predicted octanol–water partition coefficient (Wildman–Crippen LogP) is 4.26. The zero-order chi connectivity index (χ0) is 15.8. The number of nitrogens with one attached hydrogen (secondary N) is 1. The maximum atomic E-state index is 9.85. The summed E-state index contributed by atoms with van der Waals surface area (Å²) >= 11 is 0. The molecular formula is C20H20BrNO2. The molecule has 1 aliphatic heterocycles. The van der Waals surface area contributed by atoms with Crippen molar-refractivity contribution in [1.29, 1.82) is 0 Å². The summed E-state index contributed by atoms with van der Waals surface area (Å²) in [5.41, 5.74) is 3.49. The molecule has 0 fully saturated rings. The molecule has 1 aliphatic rings. The van der Waals surface area contributed by atoms with Gasteiger partial charge in [-0.05, 0) is 59.0 Å². The van der Waals surface area contributed by atoms with E-state index in [2.05, 4.69) is 47.8 Å². The number of benzene rings is 3. The second-order valence-corrected chi connectivity index (χ2v) is 6.14. The summed E-state index contributed by atoms with van der Waals surface area (Å²) in [6.45, 7) is 0.882. The van der Waals surface area contributed by atoms with Gasteiger partial charge in [-0.3, -0.25) is 0 Å². The van der Waals surface area contributed by atoms with Gasteiger partial charge < -0.3 is 15.5 Å². The SMILES string of the molecule is Br.Oc1cc2c(cc1O)C(Cc1cccc3ccccc13)NCC2. The van der Waals surface area contributed by atoms with Crippen LogP contribution in [0.5, 0.6) is 11.5 Å². The fourth-order valence-electron chi connectivity index (χ4n) is 3.54. The summed E-state index contributed by atoms with van der Waals surface area (Å²) in [7, 11) is 0. The lowest BCUT2D eigenvalue weighted by Gasteiger charge is -2.28. The van der Waals surface area contributed by atoms with Gasteiger partial charge in [0.25, 0.3) is 0 Å². The molecule has 3 aromatic rings. The lowest BCUT2D eigenvalue weighted by molar-refractivity contribution is 0.398. The van der Waals surface area contributed by atoms with Gasteiger partial charge in [0.2, 0.25) is 0 Å². The van der Waals surface area contributed by atoms with Gasteiger partial charge in [-0.2, -0.15) is 0 Å². The van der Waals surface area contributed by atoms with Crippen molar-refractivity contribution in [2.24, 2.45) is 0 Å². The van der Waals surface area contributed by atoms with Gasteiger partial charge in [-0.1, -0.05) is 42.5 Å². The van der Waals surface area contributed by atoms with Crippen LogP contribution in [-0.4, -0.2) is 16.8 Å². The van der Waals surface area contributed by atoms with Crippen LogP contribution in [0.25, 0.3) is 10.8 Å². The molecule has 0 amide bonds. The molecule has 124 valence electrons. The van der Waals surface area contributed by atoms with E-state index in [-0.39, 0.29) is 34.5 Å². The molecule has 0 saturated carbocycles. The minimum absolute atomic E-state index is 0. The third kappa shape index (κ3) is 2.99. The summed E-state index contributed by atoms with van der Waals surface area (Å²) in [4.78, 5) is 0. The van der Waals surface area contributed by atoms with Gasteiger partial charge in [0, 0.05) is 6.04 Å². The van der Waals surface area contributed by atoms with Crippen LogP contribution in [0.4, 0.5) is 0 Å². The van der Waals surface area contributed by atoms with Crippen LogP contribution in [0.1, 0.15) is 22.7 Å². The molecule has 1 atom stereocenters. The van der Waals surface area contributed by atoms with E-state index >= 15 is 0 Å². The van der Waals surface area contributed by atoms with Crippen molar-refractivity contribution >= 4 is 27.8 Å². The Morgan fingerprint density at radius 2 is 1.71 bits per heavy atom. The van der Waals surface area contributed by atoms with E-state index in [4.69, 9.17) is 0 Å². The van der Waals surface area contributed by atoms with Gasteiger partial charge in [0.15, 0.2) is 11.5 Å². The summed E-state index contributed by atoms with van der Waals surface area (Å²) in [6.07, 6.45) is 1.73. The van der Waals surface area contributed by atoms with E-state index in [0.29, 0.717) is 0 Å². The number of aromatic hydroxyl groups is 2. The van der Waals surface area contributed by atoms with Crippen molar-refractivity contribution in [3.8, 4) is 11.5 Å². The van der Waals surface area contributed by atoms with Gasteiger partial charge in [0.05, 0.1) is 0 Å². The molecule has 0 aliphatic carbocycles. The Bertz CT molecular complexity index is 873. The van der Waals surface area contributed by atoms with Crippen LogP contribution in [-0.2, 0) is 12.8 Å². The molecule has 4 rings (SSSR count). The minimum Gasteiger partial charge on any atom is -0.504 e. The lowest BCUT2D eigenvalue weighted by Crippen LogP contribution is -2.31. The Morgan fingerprint density at radius 3 is 2.58 bits per heavy atom. The Balaban J connectivity index is 0.00000169. The van der Waals surface area contributed by atoms with E-state index < -0.39 is 0 Å². The second-order valence-electron chi connectivity index (χ2n) is 6.14. The normalized spacial score (nSPS) is 16.4. The first kappa shape index (κ1) is 16.8. The number of halogens is 1. The van der Waals surface area contributed by atoms with Gasteiger partial charge in [-0.25, -0.2) is 0 Å². The minimum atomic E-state index is -0.0460. The maximum absolute atomic E-state index is 9.85. The van der Waals surface area contributed by atoms with E-state index in [9.17, 15) is 10.2 Å². The van der Waals surface area contributed by atoms with Crippen molar-refractivity contribution < 1.29 is 10.2 Å². The zero-order valence-electron chi connectivity index (χ0n) is 13.2. The molecule has 0 bridgehead atoms. The average Bonchev–Trinajstić information content (AvgIpc) is 2.57. The molecule has 4 heteroatoms. The van der Waals surface area contributed by atoms with E-state index in [0.717, 1.165) is 30.5 Å². The lowest BCUT2D eigenvalue weighted by atomic mass is 9.88. The van der Waals surface area contributed by atoms with Crippen molar-refractivity contribution in [3.05, 3.63) is 71.3 Å². The van der Waals surface area contributed by atoms with Crippen LogP contribution in [0.15, 0.2) is 54.6 Å². The first-order chi connectivity index (χ1) is 11.2. The van der Waals surface area contributed by atoms with Crippen LogP contribution < -0.4 is 5.32 Å². The first-order valence-electron chi connectivity index (χ1n) is 7.97. The largest absolute Gasteiger partial charge is 0.504 e. The van der Waals surface area contributed by atoms with Crippen LogP contribution >= 0.6 is 17.0 Å². The van der Waals surface area contributed by atoms with Crippen molar-refractivity contribution in [3.63, 3.8) is 0 Å². The summed E-state index contributed by atoms with van der Waals surface area (Å²) in [5, 5.41) is 25.6. The molecule has 3 N–H and O–H groups in total. The molecular weight excluding hydrogens is 366 g/mol. The highest BCUT2D eigenvalue weighted by atomic mass is 79.9. The monoisotopic (exact) mass is 385 g/mol. The molecule has 3 aromatic carbocycles. The third-order valence-corrected chi connectivity index (χ3v) is 4.70. The third-order valence-electron chi connectivity index (χ3n) is 4.70. The Hall–Kier alpha value is -2.04. The molecule has 3 nitrogen and oxygen atoms in total. The molecule has 0 spiro atoms. The topological polar surface area (TPSA) is 52.5 Å². The van der Waals surface area contributed by atoms with Crippen molar-refractivity contribution in [2.45, 2.75) is 18.9 Å². The Labute approximate surface area is 151 Å². The van der Waals surface area contributed by atoms with E-state index in [1.807, 2.05) is 0 Å². The molecule has 0 saturated heterocycles. The molecule has 24 heavy (non-hydrogen) atoms. The fourth-order valence-corrected chi connectivity index (χ4v) is 3.54. The van der Waals surface area contributed by atoms with Crippen molar-refractivity contribution in [1.82, 2.24) is 5.32 Å². The van der Waals surface area contributed by atoms with Crippen LogP contribution in [0, 0.1) is 0 Å². The summed E-state index contributed by atoms with van der Waals surface area (Å²) in [5.74, 6) is -0.0788. The molecule has 0 radical (unpaired) electrons. The van der Waals surface area contributed by atoms with E-state index in [1.54, 1.807) is 12.1 Å². The number of hydrogen-bond acceptors (Lipinski definition) is 3. The average molecular weight is 386 g/mol. The van der Waals surface area contributed by atoms with Gasteiger partial charge in [-0.15, -0.1) is 17.0 Å². The summed E-state index contributed by atoms with van der Waals surface area (Å²) in [6, 6.07) is 18.3. The highest BCUT2D eigenvalue weighted by Crippen LogP contribution is 2.35. The van der Waals surface area contributed by atoms with Gasteiger partial charge >= 0.3 is 0 Å². The Morgan fingerprint density at radius 1 is 0.958 bits per heavy atom. The van der Waals surface area contributed by atoms with Crippen LogP contribution in [0.3, 0.4) is 0 Å². The maximum Gasteiger partial charge on any atom is 0.157 e. The number of hydrogen-bond donors (Lipinski definition) is 3. The smallest absolute Gasteiger partial charge is 0.157 e. The molecule has 0 aromatic heterocycles. The van der Waals surface area contributed by atoms with E-state index in [1.165, 1.54) is 16.3 Å². The zero-order valence-corrected chi connectivity index (χ0v) is 14.9. The number of phenolic OH excluding ortho intramolecular Hbond substituents is 2. The van der Waals surface area contributed by atoms with Crippen LogP contribution in [0.2, 0.25) is 0 Å². The highest BCUT2D eigenvalue weighted by Gasteiger charge is 2.22. The molecule has 1 unspecified atom stereocenters. The number of rotatable bonds is 2. The highest BCUT2D eigenvalue weighted by molar-refractivity contribution is 8.93. The fraction of sp³-hybridized carbons (Fsp3) is 0.200. The summed E-state index contributed by atoms with van der Waals surface area (Å²) < 4.78 is 0. The first-order valence-corrected chi connectivity index (χ1v) is 7.97. The number of fused-ring (bicyclic) bond motifs is 2. The van der Waals surface area contributed by atoms with Gasteiger partial charge in [0.1, 0.15) is 0 Å². The molecule has 1 heterocycles. The second kappa shape index (κ2) is 6.83. The predicted molar refractivity (Wildman–Crippen MR) is 102 cm³/mol.